The van der Waals surface area contributed by atoms with Gasteiger partial charge in [0.15, 0.2) is 0 Å². The Balaban J connectivity index is 4.77. The molecule has 1 atom stereocenters. The van der Waals surface area contributed by atoms with Crippen LogP contribution in [0, 0.1) is 5.92 Å². The van der Waals surface area contributed by atoms with Crippen molar-refractivity contribution in [3.8, 4) is 0 Å². The van der Waals surface area contributed by atoms with Gasteiger partial charge in [0, 0.05) is 7.05 Å². The van der Waals surface area contributed by atoms with Crippen molar-refractivity contribution >= 4 is 18.0 Å². The molecular weight excluding hydrogens is 264 g/mol. The molecule has 0 heterocycles. The number of carboxylic acids is 1. The number of likely N-dealkylation sites (N-methyl/N-ethyl adjacent to an activating group) is 1. The number of nitrogens with one attached hydrogen (secondary N) is 1. The van der Waals surface area contributed by atoms with Crippen molar-refractivity contribution in [2.24, 2.45) is 5.92 Å². The van der Waals surface area contributed by atoms with E-state index in [1.165, 1.54) is 7.05 Å². The van der Waals surface area contributed by atoms with Crippen molar-refractivity contribution in [1.82, 2.24) is 10.2 Å². The number of aliphatic carboxylic acids is 1. The molecule has 0 aromatic rings. The smallest absolute Gasteiger partial charge is 0.408 e. The van der Waals surface area contributed by atoms with E-state index in [9.17, 15) is 14.4 Å². The van der Waals surface area contributed by atoms with Crippen LogP contribution in [0.1, 0.15) is 34.6 Å². The largest absolute Gasteiger partial charge is 0.480 e. The molecule has 0 fully saturated rings. The van der Waals surface area contributed by atoms with Crippen molar-refractivity contribution in [1.29, 1.82) is 0 Å². The normalized spacial score (nSPS) is 12.8. The van der Waals surface area contributed by atoms with E-state index >= 15 is 0 Å². The summed E-state index contributed by atoms with van der Waals surface area (Å²) < 4.78 is 5.09. The molecule has 0 radical (unpaired) electrons. The van der Waals surface area contributed by atoms with Crippen LogP contribution in [-0.2, 0) is 14.3 Å². The topological polar surface area (TPSA) is 95.9 Å². The molecule has 0 unspecified atom stereocenters. The third-order valence-corrected chi connectivity index (χ3v) is 2.35. The molecule has 0 aliphatic rings. The molecule has 0 saturated carbocycles. The number of hydrogen-bond acceptors (Lipinski definition) is 4. The monoisotopic (exact) mass is 288 g/mol. The lowest BCUT2D eigenvalue weighted by molar-refractivity contribution is -0.144. The summed E-state index contributed by atoms with van der Waals surface area (Å²) >= 11 is 0. The van der Waals surface area contributed by atoms with Crippen LogP contribution in [0.15, 0.2) is 0 Å². The van der Waals surface area contributed by atoms with Gasteiger partial charge in [-0.3, -0.25) is 9.59 Å². The zero-order valence-electron chi connectivity index (χ0n) is 12.9. The average Bonchev–Trinajstić information content (AvgIpc) is 2.20. The van der Waals surface area contributed by atoms with Gasteiger partial charge >= 0.3 is 12.1 Å². The number of rotatable bonds is 5. The number of carbonyl (C=O) groups is 3. The first-order valence-corrected chi connectivity index (χ1v) is 6.40. The van der Waals surface area contributed by atoms with Crippen molar-refractivity contribution in [3.63, 3.8) is 0 Å². The molecule has 0 aliphatic carbocycles. The van der Waals surface area contributed by atoms with Crippen LogP contribution >= 0.6 is 0 Å². The van der Waals surface area contributed by atoms with Crippen LogP contribution in [-0.4, -0.2) is 53.2 Å². The molecule has 2 N–H and O–H groups in total. The van der Waals surface area contributed by atoms with Crippen LogP contribution < -0.4 is 5.32 Å². The molecular formula is C13H24N2O5. The third-order valence-electron chi connectivity index (χ3n) is 2.35. The van der Waals surface area contributed by atoms with E-state index in [-0.39, 0.29) is 5.92 Å². The molecule has 20 heavy (non-hydrogen) atoms. The summed E-state index contributed by atoms with van der Waals surface area (Å²) in [4.78, 5) is 35.5. The highest BCUT2D eigenvalue weighted by Crippen LogP contribution is 2.10. The summed E-state index contributed by atoms with van der Waals surface area (Å²) in [6.45, 7) is 8.25. The van der Waals surface area contributed by atoms with Gasteiger partial charge in [0.05, 0.1) is 0 Å². The second-order valence-corrected chi connectivity index (χ2v) is 5.96. The zero-order chi connectivity index (χ0) is 16.1. The first-order valence-electron chi connectivity index (χ1n) is 6.40. The van der Waals surface area contributed by atoms with Gasteiger partial charge in [-0.15, -0.1) is 0 Å². The van der Waals surface area contributed by atoms with E-state index in [2.05, 4.69) is 5.32 Å². The zero-order valence-corrected chi connectivity index (χ0v) is 12.9. The quantitative estimate of drug-likeness (QED) is 0.789. The van der Waals surface area contributed by atoms with Gasteiger partial charge in [0.2, 0.25) is 5.91 Å². The minimum atomic E-state index is -1.11. The fraction of sp³-hybridized carbons (Fsp3) is 0.769. The molecule has 0 saturated heterocycles. The molecule has 0 aliphatic heterocycles. The summed E-state index contributed by atoms with van der Waals surface area (Å²) in [6, 6.07) is -0.825. The van der Waals surface area contributed by atoms with Crippen molar-refractivity contribution < 1.29 is 24.2 Å². The lowest BCUT2D eigenvalue weighted by atomic mass is 10.0. The SMILES string of the molecule is CC(C)[C@H](NC(=O)OC(C)(C)C)C(=O)N(C)CC(=O)O. The Labute approximate surface area is 119 Å². The summed E-state index contributed by atoms with van der Waals surface area (Å²) in [5.41, 5.74) is -0.665. The van der Waals surface area contributed by atoms with Gasteiger partial charge < -0.3 is 20.1 Å². The second-order valence-electron chi connectivity index (χ2n) is 5.96. The van der Waals surface area contributed by atoms with Crippen LogP contribution in [0.2, 0.25) is 0 Å². The summed E-state index contributed by atoms with van der Waals surface area (Å²) in [7, 11) is 1.38. The molecule has 0 spiro atoms. The number of carbonyl (C=O) groups excluding carboxylic acids is 2. The second kappa shape index (κ2) is 7.12. The highest BCUT2D eigenvalue weighted by molar-refractivity contribution is 5.88. The number of hydrogen-bond donors (Lipinski definition) is 2. The Morgan fingerprint density at radius 3 is 2.10 bits per heavy atom. The molecule has 0 bridgehead atoms. The van der Waals surface area contributed by atoms with Crippen LogP contribution in [0.5, 0.6) is 0 Å². The number of nitrogens with zero attached hydrogens (tertiary/aromatic N) is 1. The lowest BCUT2D eigenvalue weighted by Gasteiger charge is -2.27. The number of carboxylic acid groups (broad SMARTS) is 1. The predicted molar refractivity (Wildman–Crippen MR) is 73.3 cm³/mol. The molecule has 116 valence electrons. The number of ether oxygens (including phenoxy) is 1. The van der Waals surface area contributed by atoms with Crippen LogP contribution in [0.25, 0.3) is 0 Å². The number of amides is 2. The van der Waals surface area contributed by atoms with Gasteiger partial charge in [-0.25, -0.2) is 4.79 Å². The third kappa shape index (κ3) is 6.96. The van der Waals surface area contributed by atoms with E-state index in [0.29, 0.717) is 0 Å². The first-order chi connectivity index (χ1) is 8.94. The highest BCUT2D eigenvalue weighted by atomic mass is 16.6. The highest BCUT2D eigenvalue weighted by Gasteiger charge is 2.29. The minimum absolute atomic E-state index is 0.189. The Morgan fingerprint density at radius 1 is 1.25 bits per heavy atom. The van der Waals surface area contributed by atoms with Crippen LogP contribution in [0.3, 0.4) is 0 Å². The summed E-state index contributed by atoms with van der Waals surface area (Å²) in [6.07, 6.45) is -0.701. The van der Waals surface area contributed by atoms with Gasteiger partial charge in [-0.05, 0) is 26.7 Å². The van der Waals surface area contributed by atoms with E-state index < -0.39 is 36.2 Å². The maximum atomic E-state index is 12.1. The van der Waals surface area contributed by atoms with Crippen LogP contribution in [0.4, 0.5) is 4.79 Å². The van der Waals surface area contributed by atoms with E-state index in [1.807, 2.05) is 0 Å². The maximum Gasteiger partial charge on any atom is 0.408 e. The maximum absolute atomic E-state index is 12.1. The first kappa shape index (κ1) is 18.2. The van der Waals surface area contributed by atoms with Gasteiger partial charge in [-0.2, -0.15) is 0 Å². The molecule has 0 aromatic heterocycles. The Morgan fingerprint density at radius 2 is 1.75 bits per heavy atom. The summed E-state index contributed by atoms with van der Waals surface area (Å²) in [5.74, 6) is -1.76. The van der Waals surface area contributed by atoms with Crippen molar-refractivity contribution in [2.75, 3.05) is 13.6 Å². The van der Waals surface area contributed by atoms with E-state index in [0.717, 1.165) is 4.90 Å². The standard InChI is InChI=1S/C13H24N2O5/c1-8(2)10(11(18)15(6)7-9(16)17)14-12(19)20-13(3,4)5/h8,10H,7H2,1-6H3,(H,14,19)(H,16,17)/t10-/m0/s1. The molecule has 7 nitrogen and oxygen atoms in total. The number of alkyl carbamates (subject to hydrolysis) is 1. The fourth-order valence-corrected chi connectivity index (χ4v) is 1.47. The van der Waals surface area contributed by atoms with Crippen molar-refractivity contribution in [3.05, 3.63) is 0 Å². The van der Waals surface area contributed by atoms with Gasteiger partial charge in [0.1, 0.15) is 18.2 Å². The summed E-state index contributed by atoms with van der Waals surface area (Å²) in [5, 5.41) is 11.2. The lowest BCUT2D eigenvalue weighted by Crippen LogP contribution is -2.52. The molecule has 0 rings (SSSR count). The Kier molecular flexibility index (Phi) is 6.48. The van der Waals surface area contributed by atoms with E-state index in [4.69, 9.17) is 9.84 Å². The molecule has 7 heteroatoms. The predicted octanol–water partition coefficient (Wildman–Crippen LogP) is 1.08. The molecule has 0 aromatic carbocycles. The fourth-order valence-electron chi connectivity index (χ4n) is 1.47. The minimum Gasteiger partial charge on any atom is -0.480 e. The van der Waals surface area contributed by atoms with Gasteiger partial charge in [-0.1, -0.05) is 13.8 Å². The van der Waals surface area contributed by atoms with Gasteiger partial charge in [0.25, 0.3) is 0 Å². The van der Waals surface area contributed by atoms with Crippen molar-refractivity contribution in [2.45, 2.75) is 46.3 Å². The molecule has 2 amide bonds. The average molecular weight is 288 g/mol. The van der Waals surface area contributed by atoms with E-state index in [1.54, 1.807) is 34.6 Å². The Bertz CT molecular complexity index is 373. The Hall–Kier alpha value is -1.79.